The van der Waals surface area contributed by atoms with Gasteiger partial charge in [0.2, 0.25) is 11.8 Å². The molecule has 6 heteroatoms. The molecule has 1 unspecified atom stereocenters. The van der Waals surface area contributed by atoms with Crippen LogP contribution < -0.4 is 11.1 Å². The lowest BCUT2D eigenvalue weighted by Gasteiger charge is -2.06. The van der Waals surface area contributed by atoms with Gasteiger partial charge >= 0.3 is 0 Å². The number of nitrogens with one attached hydrogen (secondary N) is 1. The van der Waals surface area contributed by atoms with Crippen LogP contribution in [0.15, 0.2) is 24.3 Å². The summed E-state index contributed by atoms with van der Waals surface area (Å²) in [5, 5.41) is 1.46. The van der Waals surface area contributed by atoms with Crippen molar-refractivity contribution < 1.29 is 14.4 Å². The van der Waals surface area contributed by atoms with Gasteiger partial charge in [-0.05, 0) is 24.1 Å². The Morgan fingerprint density at radius 3 is 2.76 bits per heavy atom. The van der Waals surface area contributed by atoms with Gasteiger partial charge in [0.15, 0.2) is 0 Å². The number of thioether (sulfide) groups is 1. The molecule has 1 fully saturated rings. The maximum atomic E-state index is 11.4. The number of imide groups is 1. The van der Waals surface area contributed by atoms with E-state index in [2.05, 4.69) is 5.32 Å². The maximum absolute atomic E-state index is 11.4. The Labute approximate surface area is 102 Å². The van der Waals surface area contributed by atoms with E-state index >= 15 is 0 Å². The van der Waals surface area contributed by atoms with Crippen molar-refractivity contribution in [1.82, 2.24) is 5.32 Å². The van der Waals surface area contributed by atoms with E-state index in [1.165, 1.54) is 0 Å². The molecule has 0 aliphatic carbocycles. The number of amides is 3. The zero-order chi connectivity index (χ0) is 12.4. The molecule has 88 valence electrons. The van der Waals surface area contributed by atoms with E-state index in [0.29, 0.717) is 12.0 Å². The monoisotopic (exact) mass is 250 g/mol. The highest BCUT2D eigenvalue weighted by Gasteiger charge is 2.31. The molecule has 1 aromatic rings. The van der Waals surface area contributed by atoms with E-state index in [1.54, 1.807) is 24.3 Å². The van der Waals surface area contributed by atoms with E-state index < -0.39 is 11.2 Å². The van der Waals surface area contributed by atoms with Gasteiger partial charge in [0.25, 0.3) is 5.24 Å². The van der Waals surface area contributed by atoms with E-state index in [0.717, 1.165) is 17.3 Å². The molecule has 0 aromatic heterocycles. The van der Waals surface area contributed by atoms with Crippen molar-refractivity contribution in [1.29, 1.82) is 0 Å². The lowest BCUT2D eigenvalue weighted by atomic mass is 10.1. The zero-order valence-electron chi connectivity index (χ0n) is 8.80. The van der Waals surface area contributed by atoms with Crippen molar-refractivity contribution in [2.75, 3.05) is 0 Å². The molecule has 1 atom stereocenters. The fraction of sp³-hybridized carbons (Fsp3) is 0.182. The summed E-state index contributed by atoms with van der Waals surface area (Å²) >= 11 is 0.967. The van der Waals surface area contributed by atoms with Gasteiger partial charge in [0.1, 0.15) is 0 Å². The van der Waals surface area contributed by atoms with Gasteiger partial charge in [-0.25, -0.2) is 0 Å². The Morgan fingerprint density at radius 2 is 2.18 bits per heavy atom. The van der Waals surface area contributed by atoms with Gasteiger partial charge < -0.3 is 5.73 Å². The number of benzene rings is 1. The van der Waals surface area contributed by atoms with E-state index in [9.17, 15) is 14.4 Å². The summed E-state index contributed by atoms with van der Waals surface area (Å²) in [4.78, 5) is 33.3. The molecule has 17 heavy (non-hydrogen) atoms. The van der Waals surface area contributed by atoms with E-state index in [1.807, 2.05) is 0 Å². The third-order valence-electron chi connectivity index (χ3n) is 2.40. The van der Waals surface area contributed by atoms with Gasteiger partial charge in [-0.2, -0.15) is 0 Å². The standard InChI is InChI=1S/C11H10N2O3S/c12-9(14)7-3-1-2-6(4-7)5-8-10(15)13-11(16)17-8/h1-4,8H,5H2,(H2,12,14)(H,13,15,16). The van der Waals surface area contributed by atoms with Crippen molar-refractivity contribution in [3.8, 4) is 0 Å². The predicted octanol–water partition coefficient (Wildman–Crippen LogP) is 0.680. The summed E-state index contributed by atoms with van der Waals surface area (Å²) in [6.45, 7) is 0. The fourth-order valence-corrected chi connectivity index (χ4v) is 2.45. The Balaban J connectivity index is 2.13. The van der Waals surface area contributed by atoms with Crippen LogP contribution in [0, 0.1) is 0 Å². The van der Waals surface area contributed by atoms with Crippen LogP contribution in [0.1, 0.15) is 15.9 Å². The van der Waals surface area contributed by atoms with Crippen LogP contribution in [0.5, 0.6) is 0 Å². The van der Waals surface area contributed by atoms with Crippen LogP contribution in [0.3, 0.4) is 0 Å². The molecule has 0 saturated carbocycles. The second kappa shape index (κ2) is 4.58. The van der Waals surface area contributed by atoms with Crippen molar-refractivity contribution >= 4 is 28.8 Å². The Hall–Kier alpha value is -1.82. The second-order valence-electron chi connectivity index (χ2n) is 3.65. The van der Waals surface area contributed by atoms with Gasteiger partial charge in [-0.1, -0.05) is 23.9 Å². The Kier molecular flexibility index (Phi) is 3.14. The molecule has 1 aliphatic heterocycles. The first-order valence-corrected chi connectivity index (χ1v) is 5.84. The van der Waals surface area contributed by atoms with Gasteiger partial charge in [0, 0.05) is 5.56 Å². The summed E-state index contributed by atoms with van der Waals surface area (Å²) in [5.74, 6) is -0.795. The molecule has 1 saturated heterocycles. The topological polar surface area (TPSA) is 89.3 Å². The first kappa shape index (κ1) is 11.7. The van der Waals surface area contributed by atoms with Crippen LogP contribution in [0.2, 0.25) is 0 Å². The number of primary amides is 1. The number of hydrogen-bond donors (Lipinski definition) is 2. The molecule has 3 amide bonds. The molecular weight excluding hydrogens is 240 g/mol. The van der Waals surface area contributed by atoms with Crippen molar-refractivity contribution in [3.63, 3.8) is 0 Å². The Bertz CT molecular complexity index is 501. The Morgan fingerprint density at radius 1 is 1.41 bits per heavy atom. The molecule has 1 heterocycles. The largest absolute Gasteiger partial charge is 0.366 e. The van der Waals surface area contributed by atoms with Crippen LogP contribution in [0.25, 0.3) is 0 Å². The first-order valence-electron chi connectivity index (χ1n) is 4.96. The minimum atomic E-state index is -0.508. The lowest BCUT2D eigenvalue weighted by molar-refractivity contribution is -0.118. The fourth-order valence-electron chi connectivity index (χ4n) is 1.59. The molecule has 5 nitrogen and oxygen atoms in total. The predicted molar refractivity (Wildman–Crippen MR) is 63.6 cm³/mol. The van der Waals surface area contributed by atoms with Crippen molar-refractivity contribution in [3.05, 3.63) is 35.4 Å². The number of carbonyl (C=O) groups excluding carboxylic acids is 3. The molecule has 1 aromatic carbocycles. The minimum Gasteiger partial charge on any atom is -0.366 e. The number of rotatable bonds is 3. The summed E-state index contributed by atoms with van der Waals surface area (Å²) in [5.41, 5.74) is 6.37. The van der Waals surface area contributed by atoms with E-state index in [4.69, 9.17) is 5.73 Å². The van der Waals surface area contributed by atoms with Gasteiger partial charge in [-0.15, -0.1) is 0 Å². The maximum Gasteiger partial charge on any atom is 0.286 e. The smallest absolute Gasteiger partial charge is 0.286 e. The minimum absolute atomic E-state index is 0.288. The number of hydrogen-bond acceptors (Lipinski definition) is 4. The van der Waals surface area contributed by atoms with E-state index in [-0.39, 0.29) is 11.1 Å². The highest BCUT2D eigenvalue weighted by Crippen LogP contribution is 2.23. The molecule has 0 bridgehead atoms. The first-order chi connectivity index (χ1) is 8.06. The number of nitrogens with two attached hydrogens (primary N) is 1. The van der Waals surface area contributed by atoms with Crippen molar-refractivity contribution in [2.24, 2.45) is 5.73 Å². The summed E-state index contributed by atoms with van der Waals surface area (Å²) in [6.07, 6.45) is 0.406. The molecule has 3 N–H and O–H groups in total. The molecule has 0 radical (unpaired) electrons. The third kappa shape index (κ3) is 2.65. The second-order valence-corrected chi connectivity index (χ2v) is 4.83. The van der Waals surface area contributed by atoms with Crippen LogP contribution in [-0.2, 0) is 11.2 Å². The molecule has 1 aliphatic rings. The molecule has 0 spiro atoms. The molecule has 2 rings (SSSR count). The van der Waals surface area contributed by atoms with Crippen LogP contribution in [0.4, 0.5) is 4.79 Å². The van der Waals surface area contributed by atoms with Crippen LogP contribution >= 0.6 is 11.8 Å². The SMILES string of the molecule is NC(=O)c1cccc(CC2SC(=O)NC2=O)c1. The van der Waals surface area contributed by atoms with Crippen LogP contribution in [-0.4, -0.2) is 22.3 Å². The quantitative estimate of drug-likeness (QED) is 0.825. The summed E-state index contributed by atoms with van der Waals surface area (Å²) in [6, 6.07) is 6.75. The summed E-state index contributed by atoms with van der Waals surface area (Å²) < 4.78 is 0. The van der Waals surface area contributed by atoms with Gasteiger partial charge in [-0.3, -0.25) is 19.7 Å². The highest BCUT2D eigenvalue weighted by atomic mass is 32.2. The summed E-state index contributed by atoms with van der Waals surface area (Å²) in [7, 11) is 0. The normalized spacial score (nSPS) is 19.2. The van der Waals surface area contributed by atoms with Gasteiger partial charge in [0.05, 0.1) is 5.25 Å². The average Bonchev–Trinajstić information content (AvgIpc) is 2.58. The highest BCUT2D eigenvalue weighted by molar-refractivity contribution is 8.15. The lowest BCUT2D eigenvalue weighted by Crippen LogP contribution is -2.25. The molecular formula is C11H10N2O3S. The number of carbonyl (C=O) groups is 3. The third-order valence-corrected chi connectivity index (χ3v) is 3.38. The average molecular weight is 250 g/mol. The zero-order valence-corrected chi connectivity index (χ0v) is 9.62. The van der Waals surface area contributed by atoms with Crippen molar-refractivity contribution in [2.45, 2.75) is 11.7 Å².